The summed E-state index contributed by atoms with van der Waals surface area (Å²) in [6.45, 7) is 0. The van der Waals surface area contributed by atoms with Crippen LogP contribution in [0.4, 0.5) is 0 Å². The van der Waals surface area contributed by atoms with E-state index in [9.17, 15) is 0 Å². The van der Waals surface area contributed by atoms with E-state index in [1.54, 1.807) is 0 Å². The molecule has 222 valence electrons. The molecule has 0 atom stereocenters. The molecule has 2 aliphatic rings. The number of halogens is 4. The zero-order chi connectivity index (χ0) is 28.9. The van der Waals surface area contributed by atoms with Gasteiger partial charge in [0.05, 0.1) is 0 Å². The van der Waals surface area contributed by atoms with Crippen molar-refractivity contribution < 1.29 is 28.5 Å². The predicted octanol–water partition coefficient (Wildman–Crippen LogP) is 9.98. The molecule has 2 aliphatic carbocycles. The standard InChI is InChI=1S/2C17H15P.4ClH.Fe.Pd/c2*1-3-9-15(10-4-1)18(17-13-7-8-14-17)16-11-5-2-6-12-16;;;;;;/h2*1-14,17H;4*1H;;/q;;;;;;;+4/p-4. The third-order valence-electron chi connectivity index (χ3n) is 6.19. The van der Waals surface area contributed by atoms with Crippen molar-refractivity contribution in [3.63, 3.8) is 0 Å². The van der Waals surface area contributed by atoms with Gasteiger partial charge in [0.1, 0.15) is 0 Å². The quantitative estimate of drug-likeness (QED) is 0.135. The molecular formula is C34H30Cl4FeP2Pd. The van der Waals surface area contributed by atoms with E-state index >= 15 is 0 Å². The van der Waals surface area contributed by atoms with E-state index in [0.717, 1.165) is 0 Å². The monoisotopic (exact) mass is 802 g/mol. The first kappa shape index (κ1) is 35.5. The molecule has 0 saturated heterocycles. The molecule has 0 radical (unpaired) electrons. The second kappa shape index (κ2) is 18.8. The van der Waals surface area contributed by atoms with Gasteiger partial charge in [-0.2, -0.15) is 0 Å². The van der Waals surface area contributed by atoms with Gasteiger partial charge in [-0.25, -0.2) is 0 Å². The fourth-order valence-corrected chi connectivity index (χ4v) is 9.56. The third-order valence-corrected chi connectivity index (χ3v) is 11.5. The van der Waals surface area contributed by atoms with Crippen molar-refractivity contribution in [1.29, 1.82) is 0 Å². The Kier molecular flexibility index (Phi) is 15.9. The number of benzene rings is 4. The Balaban J connectivity index is 0.000000195. The molecule has 0 aliphatic heterocycles. The van der Waals surface area contributed by atoms with Crippen LogP contribution in [-0.4, -0.2) is 11.3 Å². The molecule has 0 fully saturated rings. The molecular weight excluding hydrogens is 774 g/mol. The minimum atomic E-state index is -2.81. The van der Waals surface area contributed by atoms with E-state index in [1.807, 2.05) is 0 Å². The van der Waals surface area contributed by atoms with Crippen molar-refractivity contribution >= 4 is 75.2 Å². The molecule has 0 amide bonds. The van der Waals surface area contributed by atoms with Crippen LogP contribution in [0, 0.1) is 0 Å². The molecule has 0 N–H and O–H groups in total. The molecule has 0 heterocycles. The van der Waals surface area contributed by atoms with Crippen LogP contribution in [-0.2, 0) is 28.5 Å². The first-order chi connectivity index (χ1) is 19.9. The maximum atomic E-state index is 4.98. The van der Waals surface area contributed by atoms with Crippen molar-refractivity contribution in [2.45, 2.75) is 11.3 Å². The number of hydrogen-bond acceptors (Lipinski definition) is 0. The fraction of sp³-hybridized carbons (Fsp3) is 0.0588. The van der Waals surface area contributed by atoms with Crippen LogP contribution in [0.5, 0.6) is 0 Å². The molecule has 4 aromatic rings. The van der Waals surface area contributed by atoms with Crippen molar-refractivity contribution in [3.8, 4) is 0 Å². The van der Waals surface area contributed by atoms with Gasteiger partial charge in [0, 0.05) is 28.4 Å². The Hall–Kier alpha value is -0.958. The third kappa shape index (κ3) is 11.9. The summed E-state index contributed by atoms with van der Waals surface area (Å²) in [5.74, 6) is 0. The summed E-state index contributed by atoms with van der Waals surface area (Å²) >= 11 is -2.81. The predicted molar refractivity (Wildman–Crippen MR) is 186 cm³/mol. The number of allylic oxidation sites excluding steroid dienone is 8. The molecule has 8 heteroatoms. The Morgan fingerprint density at radius 3 is 0.762 bits per heavy atom. The van der Waals surface area contributed by atoms with E-state index < -0.39 is 11.5 Å². The van der Waals surface area contributed by atoms with Gasteiger partial charge in [0.15, 0.2) is 0 Å². The van der Waals surface area contributed by atoms with Gasteiger partial charge in [-0.05, 0) is 37.1 Å². The van der Waals surface area contributed by atoms with Crippen LogP contribution in [0.25, 0.3) is 0 Å². The Morgan fingerprint density at radius 2 is 0.571 bits per heavy atom. The second-order valence-electron chi connectivity index (χ2n) is 8.87. The van der Waals surface area contributed by atoms with Crippen LogP contribution in [0.15, 0.2) is 170 Å². The van der Waals surface area contributed by atoms with Gasteiger partial charge in [0.2, 0.25) is 0 Å². The molecule has 0 nitrogen and oxygen atoms in total. The maximum Gasteiger partial charge on any atom is 0 e. The summed E-state index contributed by atoms with van der Waals surface area (Å²) in [6.07, 6.45) is 17.9. The van der Waals surface area contributed by atoms with Crippen LogP contribution < -0.4 is 21.2 Å². The van der Waals surface area contributed by atoms with E-state index in [4.69, 9.17) is 38.1 Å². The number of rotatable bonds is 6. The summed E-state index contributed by atoms with van der Waals surface area (Å²) in [4.78, 5) is 0. The smallest absolute Gasteiger partial charge is 0 e. The molecule has 0 bridgehead atoms. The van der Waals surface area contributed by atoms with Gasteiger partial charge < -0.3 is 0 Å². The average molecular weight is 805 g/mol. The van der Waals surface area contributed by atoms with Crippen molar-refractivity contribution in [2.75, 3.05) is 0 Å². The molecule has 0 unspecified atom stereocenters. The van der Waals surface area contributed by atoms with E-state index in [1.165, 1.54) is 21.2 Å². The van der Waals surface area contributed by atoms with Crippen molar-refractivity contribution in [2.24, 2.45) is 0 Å². The number of hydrogen-bond donors (Lipinski definition) is 0. The summed E-state index contributed by atoms with van der Waals surface area (Å²) < 4.78 is 0. The zero-order valence-electron chi connectivity index (χ0n) is 22.4. The molecule has 4 aromatic carbocycles. The average Bonchev–Trinajstić information content (AvgIpc) is 3.71. The SMILES string of the molecule is C1=CC(P(c2ccccc2)c2ccccc2)C=C1.C1=CC(P(c2ccccc2)c2ccccc2)C=C1.[Cl][Pd]([Cl])([Cl])[Cl].[Fe]. The van der Waals surface area contributed by atoms with Gasteiger partial charge >= 0.3 is 49.6 Å². The minimum Gasteiger partial charge on any atom is 0 e. The van der Waals surface area contributed by atoms with Crippen molar-refractivity contribution in [1.82, 2.24) is 0 Å². The molecule has 6 rings (SSSR count). The summed E-state index contributed by atoms with van der Waals surface area (Å²) in [7, 11) is 19.3. The fourth-order valence-electron chi connectivity index (χ4n) is 4.53. The van der Waals surface area contributed by atoms with Gasteiger partial charge in [-0.3, -0.25) is 0 Å². The summed E-state index contributed by atoms with van der Waals surface area (Å²) in [6, 6.07) is 43.4. The molecule has 42 heavy (non-hydrogen) atoms. The Labute approximate surface area is 282 Å². The zero-order valence-corrected chi connectivity index (χ0v) is 29.9. The van der Waals surface area contributed by atoms with Crippen LogP contribution in [0.3, 0.4) is 0 Å². The van der Waals surface area contributed by atoms with E-state index in [-0.39, 0.29) is 32.9 Å². The van der Waals surface area contributed by atoms with Gasteiger partial charge in [-0.15, -0.1) is 0 Å². The summed E-state index contributed by atoms with van der Waals surface area (Å²) in [5.41, 5.74) is 1.06. The van der Waals surface area contributed by atoms with E-state index in [2.05, 4.69) is 170 Å². The van der Waals surface area contributed by atoms with Crippen LogP contribution in [0.2, 0.25) is 0 Å². The normalized spacial score (nSPS) is 14.2. The van der Waals surface area contributed by atoms with Gasteiger partial charge in [0.25, 0.3) is 0 Å². The van der Waals surface area contributed by atoms with Gasteiger partial charge in [-0.1, -0.05) is 170 Å². The maximum absolute atomic E-state index is 4.98. The summed E-state index contributed by atoms with van der Waals surface area (Å²) in [5, 5.41) is 5.78. The second-order valence-corrected chi connectivity index (χ2v) is 27.8. The molecule has 0 spiro atoms. The molecule has 0 aromatic heterocycles. The Morgan fingerprint density at radius 1 is 0.381 bits per heavy atom. The van der Waals surface area contributed by atoms with E-state index in [0.29, 0.717) is 11.3 Å². The first-order valence-electron chi connectivity index (χ1n) is 12.9. The molecule has 0 saturated carbocycles. The van der Waals surface area contributed by atoms with Crippen LogP contribution in [0.1, 0.15) is 0 Å². The van der Waals surface area contributed by atoms with Crippen molar-refractivity contribution in [3.05, 3.63) is 170 Å². The van der Waals surface area contributed by atoms with Crippen LogP contribution >= 0.6 is 54.0 Å². The first-order valence-corrected chi connectivity index (χ1v) is 23.7. The Bertz CT molecular complexity index is 1230. The topological polar surface area (TPSA) is 0 Å². The largest absolute Gasteiger partial charge is 0 e. The minimum absolute atomic E-state index is 0.